The Morgan fingerprint density at radius 3 is 2.24 bits per heavy atom. The van der Waals surface area contributed by atoms with Crippen LogP contribution in [0.5, 0.6) is 0 Å². The van der Waals surface area contributed by atoms with E-state index in [4.69, 9.17) is 0 Å². The molecule has 2 aromatic rings. The lowest BCUT2D eigenvalue weighted by Gasteiger charge is -2.26. The van der Waals surface area contributed by atoms with E-state index in [-0.39, 0.29) is 25.1 Å². The second kappa shape index (κ2) is 14.3. The number of aliphatic hydroxyl groups is 1. The highest BCUT2D eigenvalue weighted by Crippen LogP contribution is 2.20. The van der Waals surface area contributed by atoms with Crippen molar-refractivity contribution in [1.29, 1.82) is 0 Å². The minimum absolute atomic E-state index is 0.111. The Bertz CT molecular complexity index is 837. The number of amides is 3. The van der Waals surface area contributed by atoms with Crippen molar-refractivity contribution < 1.29 is 14.7 Å². The zero-order valence-corrected chi connectivity index (χ0v) is 20.2. The molecule has 0 aliphatic rings. The van der Waals surface area contributed by atoms with Gasteiger partial charge >= 0.3 is 6.03 Å². The van der Waals surface area contributed by atoms with Crippen LogP contribution >= 0.6 is 0 Å². The van der Waals surface area contributed by atoms with Crippen molar-refractivity contribution in [2.45, 2.75) is 52.5 Å². The molecule has 0 radical (unpaired) electrons. The van der Waals surface area contributed by atoms with Crippen molar-refractivity contribution in [2.75, 3.05) is 26.2 Å². The van der Waals surface area contributed by atoms with Gasteiger partial charge in [0, 0.05) is 26.1 Å². The van der Waals surface area contributed by atoms with Gasteiger partial charge in [0.15, 0.2) is 0 Å². The molecule has 0 bridgehead atoms. The fourth-order valence-corrected chi connectivity index (χ4v) is 3.51. The van der Waals surface area contributed by atoms with E-state index in [1.807, 2.05) is 42.5 Å². The number of carbonyl (C=O) groups is 2. The van der Waals surface area contributed by atoms with Crippen LogP contribution in [0.4, 0.5) is 4.79 Å². The molecular formula is C27H39N3O3. The monoisotopic (exact) mass is 453 g/mol. The van der Waals surface area contributed by atoms with Crippen molar-refractivity contribution >= 4 is 11.9 Å². The molecule has 0 saturated heterocycles. The van der Waals surface area contributed by atoms with Gasteiger partial charge in [-0.3, -0.25) is 4.79 Å². The van der Waals surface area contributed by atoms with Crippen LogP contribution in [0.25, 0.3) is 11.1 Å². The number of hydrogen-bond donors (Lipinski definition) is 3. The Morgan fingerprint density at radius 1 is 0.970 bits per heavy atom. The summed E-state index contributed by atoms with van der Waals surface area (Å²) in [5, 5.41) is 15.2. The number of aliphatic hydroxyl groups excluding tert-OH is 1. The fraction of sp³-hybridized carbons (Fsp3) is 0.481. The first-order chi connectivity index (χ1) is 15.9. The van der Waals surface area contributed by atoms with Gasteiger partial charge in [-0.2, -0.15) is 0 Å². The van der Waals surface area contributed by atoms with E-state index in [1.54, 1.807) is 4.90 Å². The van der Waals surface area contributed by atoms with E-state index in [9.17, 15) is 14.7 Å². The highest BCUT2D eigenvalue weighted by atomic mass is 16.3. The fourth-order valence-electron chi connectivity index (χ4n) is 3.51. The van der Waals surface area contributed by atoms with Crippen molar-refractivity contribution in [3.63, 3.8) is 0 Å². The van der Waals surface area contributed by atoms with Gasteiger partial charge in [0.05, 0.1) is 6.61 Å². The number of urea groups is 1. The van der Waals surface area contributed by atoms with Crippen LogP contribution in [0.3, 0.4) is 0 Å². The summed E-state index contributed by atoms with van der Waals surface area (Å²) in [5.41, 5.74) is 3.22. The topological polar surface area (TPSA) is 81.7 Å². The van der Waals surface area contributed by atoms with Crippen molar-refractivity contribution in [3.8, 4) is 11.1 Å². The van der Waals surface area contributed by atoms with E-state index in [2.05, 4.69) is 43.5 Å². The van der Waals surface area contributed by atoms with Gasteiger partial charge < -0.3 is 20.6 Å². The molecule has 180 valence electrons. The molecule has 0 aliphatic carbocycles. The van der Waals surface area contributed by atoms with E-state index in [1.165, 1.54) is 0 Å². The lowest BCUT2D eigenvalue weighted by Crippen LogP contribution is -2.53. The van der Waals surface area contributed by atoms with E-state index in [0.29, 0.717) is 25.4 Å². The second-order valence-corrected chi connectivity index (χ2v) is 8.81. The Hall–Kier alpha value is -2.86. The Kier molecular flexibility index (Phi) is 11.5. The summed E-state index contributed by atoms with van der Waals surface area (Å²) in [6.07, 6.45) is 3.11. The molecule has 3 amide bonds. The number of rotatable bonds is 13. The smallest absolute Gasteiger partial charge is 0.318 e. The zero-order valence-electron chi connectivity index (χ0n) is 20.2. The Labute approximate surface area is 198 Å². The minimum atomic E-state index is -0.683. The van der Waals surface area contributed by atoms with Crippen LogP contribution in [0.15, 0.2) is 54.6 Å². The molecule has 0 spiro atoms. The van der Waals surface area contributed by atoms with E-state index >= 15 is 0 Å². The molecule has 2 rings (SSSR count). The van der Waals surface area contributed by atoms with Crippen LogP contribution in [-0.4, -0.2) is 54.2 Å². The minimum Gasteiger partial charge on any atom is -0.395 e. The van der Waals surface area contributed by atoms with Gasteiger partial charge in [-0.15, -0.1) is 0 Å². The highest BCUT2D eigenvalue weighted by molar-refractivity contribution is 5.87. The number of unbranched alkanes of at least 4 members (excludes halogenated alkanes) is 1. The summed E-state index contributed by atoms with van der Waals surface area (Å²) in [7, 11) is 0. The Morgan fingerprint density at radius 2 is 1.64 bits per heavy atom. The number of carbonyl (C=O) groups excluding carboxylic acids is 2. The normalized spacial score (nSPS) is 11.8. The average molecular weight is 454 g/mol. The summed E-state index contributed by atoms with van der Waals surface area (Å²) in [5.74, 6) is 0.256. The van der Waals surface area contributed by atoms with Gasteiger partial charge in [-0.25, -0.2) is 4.79 Å². The molecule has 0 unspecified atom stereocenters. The van der Waals surface area contributed by atoms with Gasteiger partial charge in [0.25, 0.3) is 0 Å². The van der Waals surface area contributed by atoms with E-state index < -0.39 is 6.04 Å². The maximum Gasteiger partial charge on any atom is 0.318 e. The standard InChI is InChI=1S/C27H39N3O3/c1-4-5-16-28-26(32)25(29-27(33)30(18-19-31)17-15-21(2)3)20-22-11-13-24(14-12-22)23-9-7-6-8-10-23/h6-14,21,25,31H,4-5,15-20H2,1-3H3,(H,28,32)(H,29,33)/t25-/m0/s1. The first-order valence-electron chi connectivity index (χ1n) is 12.0. The van der Waals surface area contributed by atoms with E-state index in [0.717, 1.165) is 36.0 Å². The molecule has 0 fully saturated rings. The first kappa shape index (κ1) is 26.4. The second-order valence-electron chi connectivity index (χ2n) is 8.81. The molecule has 2 aromatic carbocycles. The molecule has 0 aliphatic heterocycles. The first-order valence-corrected chi connectivity index (χ1v) is 12.0. The largest absolute Gasteiger partial charge is 0.395 e. The third-order valence-corrected chi connectivity index (χ3v) is 5.58. The maximum atomic E-state index is 12.9. The zero-order chi connectivity index (χ0) is 24.1. The number of hydrogen-bond acceptors (Lipinski definition) is 3. The molecule has 3 N–H and O–H groups in total. The van der Waals surface area contributed by atoms with Crippen LogP contribution in [0.2, 0.25) is 0 Å². The highest BCUT2D eigenvalue weighted by Gasteiger charge is 2.24. The number of benzene rings is 2. The molecular weight excluding hydrogens is 414 g/mol. The predicted octanol–water partition coefficient (Wildman–Crippen LogP) is 4.23. The van der Waals surface area contributed by atoms with Crippen LogP contribution in [0.1, 0.15) is 45.6 Å². The molecule has 0 heterocycles. The van der Waals surface area contributed by atoms with Gasteiger partial charge in [0.1, 0.15) is 6.04 Å². The van der Waals surface area contributed by atoms with Crippen molar-refractivity contribution in [2.24, 2.45) is 5.92 Å². The molecule has 0 aromatic heterocycles. The summed E-state index contributed by atoms with van der Waals surface area (Å²) in [6.45, 7) is 7.52. The lowest BCUT2D eigenvalue weighted by molar-refractivity contribution is -0.122. The van der Waals surface area contributed by atoms with Gasteiger partial charge in [-0.05, 0) is 35.4 Å². The number of nitrogens with one attached hydrogen (secondary N) is 2. The quantitative estimate of drug-likeness (QED) is 0.397. The lowest BCUT2D eigenvalue weighted by atomic mass is 10.0. The Balaban J connectivity index is 2.12. The molecule has 1 atom stereocenters. The predicted molar refractivity (Wildman–Crippen MR) is 134 cm³/mol. The third-order valence-electron chi connectivity index (χ3n) is 5.58. The molecule has 6 heteroatoms. The molecule has 33 heavy (non-hydrogen) atoms. The van der Waals surface area contributed by atoms with Crippen molar-refractivity contribution in [1.82, 2.24) is 15.5 Å². The maximum absolute atomic E-state index is 12.9. The van der Waals surface area contributed by atoms with Crippen LogP contribution in [-0.2, 0) is 11.2 Å². The number of nitrogens with zero attached hydrogens (tertiary/aromatic N) is 1. The van der Waals surface area contributed by atoms with Crippen LogP contribution in [0, 0.1) is 5.92 Å². The third kappa shape index (κ3) is 9.26. The summed E-state index contributed by atoms with van der Waals surface area (Å²) >= 11 is 0. The summed E-state index contributed by atoms with van der Waals surface area (Å²) < 4.78 is 0. The van der Waals surface area contributed by atoms with Crippen LogP contribution < -0.4 is 10.6 Å². The SMILES string of the molecule is CCCCNC(=O)[C@H](Cc1ccc(-c2ccccc2)cc1)NC(=O)N(CCO)CCC(C)C. The van der Waals surface area contributed by atoms with Gasteiger partial charge in [-0.1, -0.05) is 81.8 Å². The average Bonchev–Trinajstić information content (AvgIpc) is 2.82. The summed E-state index contributed by atoms with van der Waals surface area (Å²) in [6, 6.07) is 17.2. The molecule has 0 saturated carbocycles. The summed E-state index contributed by atoms with van der Waals surface area (Å²) in [4.78, 5) is 27.4. The molecule has 6 nitrogen and oxygen atoms in total. The van der Waals surface area contributed by atoms with Crippen molar-refractivity contribution in [3.05, 3.63) is 60.2 Å². The van der Waals surface area contributed by atoms with Gasteiger partial charge in [0.2, 0.25) is 5.91 Å².